The Morgan fingerprint density at radius 3 is 2.48 bits per heavy atom. The minimum Gasteiger partial charge on any atom is -0.278 e. The largest absolute Gasteiger partial charge is 0.412 e. The van der Waals surface area contributed by atoms with Gasteiger partial charge in [0.15, 0.2) is 17.6 Å². The highest BCUT2D eigenvalue weighted by atomic mass is 19.4. The first-order valence-electron chi connectivity index (χ1n) is 7.36. The molecule has 1 aromatic rings. The van der Waals surface area contributed by atoms with Crippen LogP contribution in [0, 0.1) is 6.57 Å². The molecule has 0 aromatic heterocycles. The van der Waals surface area contributed by atoms with Crippen LogP contribution in [0.3, 0.4) is 0 Å². The van der Waals surface area contributed by atoms with E-state index in [0.717, 1.165) is 19.2 Å². The predicted octanol–water partition coefficient (Wildman–Crippen LogP) is 4.98. The van der Waals surface area contributed by atoms with Gasteiger partial charge < -0.3 is 0 Å². The summed E-state index contributed by atoms with van der Waals surface area (Å²) in [5.41, 5.74) is -1.38. The van der Waals surface area contributed by atoms with E-state index in [4.69, 9.17) is 6.57 Å². The van der Waals surface area contributed by atoms with Crippen LogP contribution in [0.1, 0.15) is 18.9 Å². The van der Waals surface area contributed by atoms with Crippen molar-refractivity contribution in [2.45, 2.75) is 37.3 Å². The molecule has 1 N–H and O–H groups in total. The molecule has 1 heterocycles. The van der Waals surface area contributed by atoms with Crippen LogP contribution >= 0.6 is 0 Å². The fraction of sp³-hybridized carbons (Fsp3) is 0.467. The van der Waals surface area contributed by atoms with E-state index in [1.165, 1.54) is 6.92 Å². The fourth-order valence-corrected chi connectivity index (χ4v) is 2.38. The zero-order valence-electron chi connectivity index (χ0n) is 14.0. The molecule has 0 aliphatic carbocycles. The molecule has 0 spiro atoms. The molecular weight excluding hydrogens is 380 g/mol. The van der Waals surface area contributed by atoms with E-state index in [9.17, 15) is 26.3 Å². The average molecular weight is 393 g/mol. The van der Waals surface area contributed by atoms with Crippen LogP contribution in [0.5, 0.6) is 0 Å². The first kappa shape index (κ1) is 20.6. The molecule has 0 fully saturated rings. The number of hydrogen-bond acceptors (Lipinski definition) is 4. The standard InChI is InChI=1S/C15H13F6N5O/c1-13(7-11(24-26-13)15(19,20)21)12(25-27-3)23-8-4-5-10(22-2)9(6-8)14(16,17)18/h4-6,11H,7H2,1,3H3,(H,23,25). The number of hydrogen-bond donors (Lipinski definition) is 1. The van der Waals surface area contributed by atoms with Gasteiger partial charge in [-0.05, 0) is 19.1 Å². The maximum absolute atomic E-state index is 13.1. The van der Waals surface area contributed by atoms with Crippen LogP contribution in [0.2, 0.25) is 0 Å². The number of benzene rings is 1. The lowest BCUT2D eigenvalue weighted by atomic mass is 9.94. The number of amidine groups is 1. The van der Waals surface area contributed by atoms with Gasteiger partial charge in [-0.1, -0.05) is 6.07 Å². The van der Waals surface area contributed by atoms with E-state index in [1.807, 2.05) is 0 Å². The Morgan fingerprint density at radius 1 is 1.33 bits per heavy atom. The number of nitrogens with zero attached hydrogens (tertiary/aromatic N) is 4. The Hall–Kier alpha value is -2.68. The second-order valence-corrected chi connectivity index (χ2v) is 5.83. The lowest BCUT2D eigenvalue weighted by Gasteiger charge is -2.23. The molecular formula is C15H13F6N5O. The second kappa shape index (κ2) is 7.15. The van der Waals surface area contributed by atoms with E-state index < -0.39 is 41.6 Å². The third kappa shape index (κ3) is 4.54. The Balaban J connectivity index is 2.45. The van der Waals surface area contributed by atoms with Gasteiger partial charge in [-0.25, -0.2) is 9.84 Å². The maximum atomic E-state index is 13.1. The Labute approximate surface area is 149 Å². The number of hydroxylamine groups is 1. The molecule has 0 saturated heterocycles. The molecule has 2 atom stereocenters. The zero-order valence-corrected chi connectivity index (χ0v) is 14.0. The number of azo groups is 1. The van der Waals surface area contributed by atoms with Crippen molar-refractivity contribution < 1.29 is 31.2 Å². The minimum absolute atomic E-state index is 0.235. The van der Waals surface area contributed by atoms with Crippen molar-refractivity contribution in [3.05, 3.63) is 35.2 Å². The molecule has 2 rings (SSSR count). The van der Waals surface area contributed by atoms with E-state index in [1.54, 1.807) is 0 Å². The van der Waals surface area contributed by atoms with Crippen molar-refractivity contribution in [3.63, 3.8) is 0 Å². The monoisotopic (exact) mass is 393 g/mol. The number of nitrogens with one attached hydrogen (secondary N) is 1. The molecule has 1 aromatic carbocycles. The Kier molecular flexibility index (Phi) is 5.46. The highest BCUT2D eigenvalue weighted by Gasteiger charge is 2.50. The van der Waals surface area contributed by atoms with Gasteiger partial charge in [0.1, 0.15) is 5.54 Å². The molecule has 6 nitrogen and oxygen atoms in total. The first-order chi connectivity index (χ1) is 12.4. The molecule has 146 valence electrons. The van der Waals surface area contributed by atoms with Crippen LogP contribution in [-0.4, -0.2) is 30.7 Å². The molecule has 0 radical (unpaired) electrons. The second-order valence-electron chi connectivity index (χ2n) is 5.83. The summed E-state index contributed by atoms with van der Waals surface area (Å²) in [6.07, 6.45) is -9.99. The summed E-state index contributed by atoms with van der Waals surface area (Å²) in [4.78, 5) is 11.4. The summed E-state index contributed by atoms with van der Waals surface area (Å²) in [6, 6.07) is 0.635. The lowest BCUT2D eigenvalue weighted by Crippen LogP contribution is -2.43. The van der Waals surface area contributed by atoms with Crippen molar-refractivity contribution >= 4 is 17.2 Å². The van der Waals surface area contributed by atoms with E-state index in [2.05, 4.69) is 30.4 Å². The predicted molar refractivity (Wildman–Crippen MR) is 82.7 cm³/mol. The lowest BCUT2D eigenvalue weighted by molar-refractivity contribution is -0.147. The SMILES string of the molecule is [C-]#[N+]c1ccc(N=C(NOC)C2(C)CC(C(F)(F)F)N=N2)cc1C(F)(F)F. The molecule has 12 heteroatoms. The third-order valence-corrected chi connectivity index (χ3v) is 3.74. The van der Waals surface area contributed by atoms with Crippen molar-refractivity contribution in [2.75, 3.05) is 7.11 Å². The Bertz CT molecular complexity index is 810. The van der Waals surface area contributed by atoms with Gasteiger partial charge >= 0.3 is 12.4 Å². The third-order valence-electron chi connectivity index (χ3n) is 3.74. The highest BCUT2D eigenvalue weighted by Crippen LogP contribution is 2.40. The summed E-state index contributed by atoms with van der Waals surface area (Å²) in [5, 5.41) is 6.79. The maximum Gasteiger partial charge on any atom is 0.412 e. The van der Waals surface area contributed by atoms with Crippen molar-refractivity contribution in [1.29, 1.82) is 0 Å². The quantitative estimate of drug-likeness (QED) is 0.259. The molecule has 0 amide bonds. The van der Waals surface area contributed by atoms with Crippen LogP contribution < -0.4 is 5.48 Å². The van der Waals surface area contributed by atoms with E-state index in [-0.39, 0.29) is 11.5 Å². The van der Waals surface area contributed by atoms with Crippen LogP contribution in [0.25, 0.3) is 4.85 Å². The van der Waals surface area contributed by atoms with Crippen molar-refractivity contribution in [2.24, 2.45) is 15.2 Å². The van der Waals surface area contributed by atoms with Gasteiger partial charge in [0.2, 0.25) is 0 Å². The average Bonchev–Trinajstić information content (AvgIpc) is 2.97. The number of alkyl halides is 6. The van der Waals surface area contributed by atoms with Gasteiger partial charge in [-0.15, -0.1) is 0 Å². The van der Waals surface area contributed by atoms with Crippen LogP contribution in [0.4, 0.5) is 37.7 Å². The molecule has 1 aliphatic heterocycles. The van der Waals surface area contributed by atoms with Gasteiger partial charge in [-0.3, -0.25) is 10.3 Å². The van der Waals surface area contributed by atoms with E-state index in [0.29, 0.717) is 6.07 Å². The van der Waals surface area contributed by atoms with Crippen molar-refractivity contribution in [3.8, 4) is 0 Å². The molecule has 0 saturated carbocycles. The normalized spacial score (nSPS) is 23.4. The summed E-state index contributed by atoms with van der Waals surface area (Å²) >= 11 is 0. The Morgan fingerprint density at radius 2 is 2.00 bits per heavy atom. The number of rotatable bonds is 3. The zero-order chi connectivity index (χ0) is 20.5. The first-order valence-corrected chi connectivity index (χ1v) is 7.36. The summed E-state index contributed by atoms with van der Waals surface area (Å²) in [7, 11) is 1.16. The highest BCUT2D eigenvalue weighted by molar-refractivity contribution is 5.93. The minimum atomic E-state index is -4.79. The molecule has 0 bridgehead atoms. The molecule has 1 aliphatic rings. The van der Waals surface area contributed by atoms with E-state index >= 15 is 0 Å². The number of aliphatic imine (C=N–C) groups is 1. The summed E-state index contributed by atoms with van der Waals surface area (Å²) < 4.78 is 77.8. The summed E-state index contributed by atoms with van der Waals surface area (Å²) in [5.74, 6) is -0.246. The van der Waals surface area contributed by atoms with Gasteiger partial charge in [-0.2, -0.15) is 36.6 Å². The van der Waals surface area contributed by atoms with Crippen LogP contribution in [0.15, 0.2) is 33.4 Å². The smallest absolute Gasteiger partial charge is 0.278 e. The van der Waals surface area contributed by atoms with Gasteiger partial charge in [0.05, 0.1) is 24.9 Å². The fourth-order valence-electron chi connectivity index (χ4n) is 2.38. The van der Waals surface area contributed by atoms with Gasteiger partial charge in [0.25, 0.3) is 0 Å². The summed E-state index contributed by atoms with van der Waals surface area (Å²) in [6.45, 7) is 8.11. The van der Waals surface area contributed by atoms with Crippen LogP contribution in [-0.2, 0) is 11.0 Å². The van der Waals surface area contributed by atoms with Crippen molar-refractivity contribution in [1.82, 2.24) is 5.48 Å². The number of halogens is 6. The molecule has 27 heavy (non-hydrogen) atoms. The molecule has 2 unspecified atom stereocenters. The van der Waals surface area contributed by atoms with Gasteiger partial charge in [0, 0.05) is 6.42 Å². The topological polar surface area (TPSA) is 62.7 Å².